The number of nitrogens with one attached hydrogen (secondary N) is 3. The van der Waals surface area contributed by atoms with Gasteiger partial charge in [-0.25, -0.2) is 13.4 Å². The van der Waals surface area contributed by atoms with Crippen molar-refractivity contribution in [3.8, 4) is 11.4 Å². The Kier molecular flexibility index (Phi) is 4.42. The van der Waals surface area contributed by atoms with Crippen LogP contribution < -0.4 is 10.6 Å². The number of H-pyrrole nitrogens is 1. The second-order valence-electron chi connectivity index (χ2n) is 5.99. The predicted octanol–water partition coefficient (Wildman–Crippen LogP) is 1.18. The minimum atomic E-state index is -3.52. The monoisotopic (exact) mass is 348 g/mol. The van der Waals surface area contributed by atoms with Crippen molar-refractivity contribution in [1.82, 2.24) is 15.3 Å². The molecule has 1 amide bonds. The molecular weight excluding hydrogens is 328 g/mol. The Balaban J connectivity index is 1.80. The van der Waals surface area contributed by atoms with Gasteiger partial charge in [-0.3, -0.25) is 4.79 Å². The lowest BCUT2D eigenvalue weighted by Gasteiger charge is -2.34. The number of hydrogen-bond donors (Lipinski definition) is 3. The number of sulfone groups is 1. The van der Waals surface area contributed by atoms with Crippen molar-refractivity contribution in [2.75, 3.05) is 24.7 Å². The van der Waals surface area contributed by atoms with E-state index >= 15 is 0 Å². The number of aromatic amines is 1. The van der Waals surface area contributed by atoms with E-state index in [1.165, 1.54) is 0 Å². The Labute approximate surface area is 140 Å². The Bertz CT molecular complexity index is 808. The Morgan fingerprint density at radius 1 is 1.21 bits per heavy atom. The number of carbonyl (C=O) groups excluding carboxylic acids is 1. The molecule has 0 saturated carbocycles. The molecule has 1 saturated heterocycles. The van der Waals surface area contributed by atoms with Crippen LogP contribution >= 0.6 is 0 Å². The van der Waals surface area contributed by atoms with Crippen LogP contribution in [0.15, 0.2) is 36.7 Å². The fraction of sp³-hybridized carbons (Fsp3) is 0.375. The van der Waals surface area contributed by atoms with Gasteiger partial charge in [0.2, 0.25) is 5.91 Å². The highest BCUT2D eigenvalue weighted by Crippen LogP contribution is 2.29. The molecule has 24 heavy (non-hydrogen) atoms. The summed E-state index contributed by atoms with van der Waals surface area (Å²) in [4.78, 5) is 19.9. The predicted molar refractivity (Wildman–Crippen MR) is 92.3 cm³/mol. The number of rotatable bonds is 4. The standard InChI is InChI=1S/C16H20N4O3S/c1-24(22,23)16(6-8-17-9-7-16)15(21)20-13-4-2-12(3-5-13)14-18-10-11-19-14/h2-5,10-11,17H,6-9H2,1H3,(H,18,19)(H,20,21). The molecule has 0 unspecified atom stereocenters. The van der Waals surface area contributed by atoms with Gasteiger partial charge in [-0.15, -0.1) is 0 Å². The lowest BCUT2D eigenvalue weighted by atomic mass is 9.95. The van der Waals surface area contributed by atoms with E-state index in [-0.39, 0.29) is 12.8 Å². The smallest absolute Gasteiger partial charge is 0.245 e. The average molecular weight is 348 g/mol. The summed E-state index contributed by atoms with van der Waals surface area (Å²) < 4.78 is 23.1. The van der Waals surface area contributed by atoms with Gasteiger partial charge in [-0.1, -0.05) is 0 Å². The van der Waals surface area contributed by atoms with E-state index in [0.717, 1.165) is 17.6 Å². The van der Waals surface area contributed by atoms with E-state index in [2.05, 4.69) is 20.6 Å². The average Bonchev–Trinajstić information content (AvgIpc) is 3.09. The Hall–Kier alpha value is -2.19. The summed E-state index contributed by atoms with van der Waals surface area (Å²) >= 11 is 0. The van der Waals surface area contributed by atoms with Crippen molar-refractivity contribution < 1.29 is 13.2 Å². The third-order valence-electron chi connectivity index (χ3n) is 4.45. The van der Waals surface area contributed by atoms with Gasteiger partial charge in [0.15, 0.2) is 14.6 Å². The topological polar surface area (TPSA) is 104 Å². The van der Waals surface area contributed by atoms with Crippen LogP contribution in [-0.4, -0.2) is 48.4 Å². The van der Waals surface area contributed by atoms with E-state index in [0.29, 0.717) is 18.8 Å². The van der Waals surface area contributed by atoms with Crippen LogP contribution in [-0.2, 0) is 14.6 Å². The van der Waals surface area contributed by atoms with Crippen LogP contribution in [0.5, 0.6) is 0 Å². The summed E-state index contributed by atoms with van der Waals surface area (Å²) in [7, 11) is -3.52. The second-order valence-corrected chi connectivity index (χ2v) is 8.31. The molecule has 1 aromatic carbocycles. The first-order valence-corrected chi connectivity index (χ1v) is 9.63. The SMILES string of the molecule is CS(=O)(=O)C1(C(=O)Nc2ccc(-c3ncc[nH]3)cc2)CCNCC1. The van der Waals surface area contributed by atoms with Gasteiger partial charge in [0.05, 0.1) is 0 Å². The molecule has 1 aliphatic heterocycles. The highest BCUT2D eigenvalue weighted by molar-refractivity contribution is 7.92. The third-order valence-corrected chi connectivity index (χ3v) is 6.46. The minimum absolute atomic E-state index is 0.280. The number of piperidine rings is 1. The van der Waals surface area contributed by atoms with Gasteiger partial charge in [0, 0.05) is 29.9 Å². The molecule has 0 atom stereocenters. The lowest BCUT2D eigenvalue weighted by molar-refractivity contribution is -0.119. The van der Waals surface area contributed by atoms with Crippen molar-refractivity contribution in [3.63, 3.8) is 0 Å². The number of anilines is 1. The normalized spacial score (nSPS) is 17.4. The number of nitrogens with zero attached hydrogens (tertiary/aromatic N) is 1. The zero-order chi connectivity index (χ0) is 17.2. The number of imidazole rings is 1. The molecule has 2 heterocycles. The van der Waals surface area contributed by atoms with Crippen LogP contribution in [0.2, 0.25) is 0 Å². The third kappa shape index (κ3) is 3.07. The minimum Gasteiger partial charge on any atom is -0.345 e. The van der Waals surface area contributed by atoms with Gasteiger partial charge in [0.25, 0.3) is 0 Å². The zero-order valence-corrected chi connectivity index (χ0v) is 14.2. The largest absolute Gasteiger partial charge is 0.345 e. The highest BCUT2D eigenvalue weighted by atomic mass is 32.2. The van der Waals surface area contributed by atoms with E-state index in [1.807, 2.05) is 12.1 Å². The molecule has 0 radical (unpaired) electrons. The number of amides is 1. The number of benzene rings is 1. The molecule has 1 aromatic heterocycles. The molecule has 1 aliphatic rings. The van der Waals surface area contributed by atoms with Gasteiger partial charge in [0.1, 0.15) is 5.82 Å². The Morgan fingerprint density at radius 3 is 2.42 bits per heavy atom. The molecule has 3 N–H and O–H groups in total. The maximum Gasteiger partial charge on any atom is 0.245 e. The molecule has 0 bridgehead atoms. The van der Waals surface area contributed by atoms with E-state index < -0.39 is 20.5 Å². The summed E-state index contributed by atoms with van der Waals surface area (Å²) in [6.07, 6.45) is 5.10. The second kappa shape index (κ2) is 6.37. The van der Waals surface area contributed by atoms with Crippen molar-refractivity contribution >= 4 is 21.4 Å². The fourth-order valence-electron chi connectivity index (χ4n) is 2.98. The van der Waals surface area contributed by atoms with Gasteiger partial charge in [-0.2, -0.15) is 0 Å². The van der Waals surface area contributed by atoms with Crippen molar-refractivity contribution in [3.05, 3.63) is 36.7 Å². The maximum atomic E-state index is 12.7. The summed E-state index contributed by atoms with van der Waals surface area (Å²) in [5.41, 5.74) is 1.45. The van der Waals surface area contributed by atoms with Gasteiger partial charge < -0.3 is 15.6 Å². The molecule has 2 aromatic rings. The summed E-state index contributed by atoms with van der Waals surface area (Å²) in [5.74, 6) is 0.274. The molecule has 8 heteroatoms. The summed E-state index contributed by atoms with van der Waals surface area (Å²) in [6.45, 7) is 1.02. The van der Waals surface area contributed by atoms with Crippen LogP contribution in [0.3, 0.4) is 0 Å². The summed E-state index contributed by atoms with van der Waals surface area (Å²) in [5, 5.41) is 5.85. The van der Waals surface area contributed by atoms with Gasteiger partial charge >= 0.3 is 0 Å². The number of hydrogen-bond acceptors (Lipinski definition) is 5. The van der Waals surface area contributed by atoms with Gasteiger partial charge in [-0.05, 0) is 50.2 Å². The zero-order valence-electron chi connectivity index (χ0n) is 13.4. The quantitative estimate of drug-likeness (QED) is 0.770. The molecule has 3 rings (SSSR count). The summed E-state index contributed by atoms with van der Waals surface area (Å²) in [6, 6.07) is 7.13. The van der Waals surface area contributed by atoms with E-state index in [9.17, 15) is 13.2 Å². The maximum absolute atomic E-state index is 12.7. The highest BCUT2D eigenvalue weighted by Gasteiger charge is 2.48. The van der Waals surface area contributed by atoms with Crippen molar-refractivity contribution in [1.29, 1.82) is 0 Å². The molecular formula is C16H20N4O3S. The van der Waals surface area contributed by atoms with E-state index in [4.69, 9.17) is 0 Å². The fourth-order valence-corrected chi connectivity index (χ4v) is 4.31. The van der Waals surface area contributed by atoms with Crippen LogP contribution in [0.25, 0.3) is 11.4 Å². The first kappa shape index (κ1) is 16.7. The number of carbonyl (C=O) groups is 1. The molecule has 128 valence electrons. The van der Waals surface area contributed by atoms with Crippen molar-refractivity contribution in [2.24, 2.45) is 0 Å². The molecule has 1 fully saturated rings. The number of aromatic nitrogens is 2. The van der Waals surface area contributed by atoms with E-state index in [1.54, 1.807) is 24.5 Å². The Morgan fingerprint density at radius 2 is 1.88 bits per heavy atom. The molecule has 0 spiro atoms. The first-order valence-electron chi connectivity index (χ1n) is 7.74. The van der Waals surface area contributed by atoms with Crippen molar-refractivity contribution in [2.45, 2.75) is 17.6 Å². The molecule has 0 aliphatic carbocycles. The van der Waals surface area contributed by atoms with Crippen LogP contribution in [0, 0.1) is 0 Å². The van der Waals surface area contributed by atoms with Crippen LogP contribution in [0.4, 0.5) is 5.69 Å². The first-order chi connectivity index (χ1) is 11.4. The molecule has 7 nitrogen and oxygen atoms in total. The van der Waals surface area contributed by atoms with Crippen LogP contribution in [0.1, 0.15) is 12.8 Å². The lowest BCUT2D eigenvalue weighted by Crippen LogP contribution is -2.55.